The second kappa shape index (κ2) is 6.85. The highest BCUT2D eigenvalue weighted by Gasteiger charge is 2.14. The van der Waals surface area contributed by atoms with Gasteiger partial charge in [0.2, 0.25) is 0 Å². The molecule has 1 saturated heterocycles. The van der Waals surface area contributed by atoms with Crippen molar-refractivity contribution in [3.63, 3.8) is 0 Å². The molecular formula is C13H25N5. The van der Waals surface area contributed by atoms with Gasteiger partial charge < -0.3 is 10.6 Å². The molecule has 5 nitrogen and oxygen atoms in total. The van der Waals surface area contributed by atoms with Crippen LogP contribution < -0.4 is 5.73 Å². The number of nitrogens with zero attached hydrogens (tertiary/aromatic N) is 4. The number of hydrogen-bond donors (Lipinski definition) is 1. The first-order chi connectivity index (χ1) is 8.85. The molecule has 0 spiro atoms. The zero-order valence-corrected chi connectivity index (χ0v) is 11.4. The monoisotopic (exact) mass is 251 g/mol. The molecule has 18 heavy (non-hydrogen) atoms. The van der Waals surface area contributed by atoms with Gasteiger partial charge in [-0.25, -0.2) is 4.68 Å². The molecule has 0 bridgehead atoms. The topological polar surface area (TPSA) is 60.0 Å². The van der Waals surface area contributed by atoms with Crippen LogP contribution in [0.1, 0.15) is 44.0 Å². The van der Waals surface area contributed by atoms with Gasteiger partial charge in [-0.1, -0.05) is 18.6 Å². The average molecular weight is 251 g/mol. The van der Waals surface area contributed by atoms with Crippen molar-refractivity contribution in [2.45, 2.75) is 52.1 Å². The molecule has 0 saturated carbocycles. The van der Waals surface area contributed by atoms with Crippen molar-refractivity contribution in [3.8, 4) is 0 Å². The van der Waals surface area contributed by atoms with Crippen molar-refractivity contribution in [3.05, 3.63) is 11.4 Å². The molecular weight excluding hydrogens is 226 g/mol. The third kappa shape index (κ3) is 3.29. The van der Waals surface area contributed by atoms with Gasteiger partial charge in [0.15, 0.2) is 0 Å². The summed E-state index contributed by atoms with van der Waals surface area (Å²) in [6, 6.07) is 0. The van der Waals surface area contributed by atoms with Gasteiger partial charge in [0.25, 0.3) is 0 Å². The van der Waals surface area contributed by atoms with E-state index in [0.717, 1.165) is 25.2 Å². The quantitative estimate of drug-likeness (QED) is 0.790. The Morgan fingerprint density at radius 2 is 2.00 bits per heavy atom. The van der Waals surface area contributed by atoms with Crippen LogP contribution in [0.5, 0.6) is 0 Å². The lowest BCUT2D eigenvalue weighted by atomic mass is 10.1. The summed E-state index contributed by atoms with van der Waals surface area (Å²) in [5, 5.41) is 8.46. The lowest BCUT2D eigenvalue weighted by molar-refractivity contribution is 0.311. The van der Waals surface area contributed by atoms with Crippen LogP contribution >= 0.6 is 0 Å². The molecule has 0 atom stereocenters. The van der Waals surface area contributed by atoms with Crippen LogP contribution in [0.4, 0.5) is 0 Å². The van der Waals surface area contributed by atoms with Gasteiger partial charge in [-0.2, -0.15) is 0 Å². The van der Waals surface area contributed by atoms with E-state index >= 15 is 0 Å². The van der Waals surface area contributed by atoms with E-state index in [1.54, 1.807) is 0 Å². The summed E-state index contributed by atoms with van der Waals surface area (Å²) >= 11 is 0. The number of rotatable bonds is 7. The fraction of sp³-hybridized carbons (Fsp3) is 0.846. The van der Waals surface area contributed by atoms with Crippen LogP contribution in [0.15, 0.2) is 0 Å². The SMILES string of the molecule is CCCCc1c(CN)nnn1CCN1CCCC1. The first kappa shape index (κ1) is 13.5. The van der Waals surface area contributed by atoms with Gasteiger partial charge in [0.05, 0.1) is 17.9 Å². The second-order valence-corrected chi connectivity index (χ2v) is 5.06. The summed E-state index contributed by atoms with van der Waals surface area (Å²) in [6.45, 7) is 7.23. The third-order valence-electron chi connectivity index (χ3n) is 3.71. The van der Waals surface area contributed by atoms with Gasteiger partial charge in [0.1, 0.15) is 0 Å². The Hall–Kier alpha value is -0.940. The molecule has 1 aliphatic rings. The first-order valence-corrected chi connectivity index (χ1v) is 7.18. The number of aromatic nitrogens is 3. The number of unbranched alkanes of at least 4 members (excludes halogenated alkanes) is 1. The lowest BCUT2D eigenvalue weighted by Gasteiger charge is -2.15. The van der Waals surface area contributed by atoms with Crippen LogP contribution in [0.25, 0.3) is 0 Å². The van der Waals surface area contributed by atoms with Crippen molar-refractivity contribution in [1.29, 1.82) is 0 Å². The summed E-state index contributed by atoms with van der Waals surface area (Å²) in [5.74, 6) is 0. The minimum absolute atomic E-state index is 0.503. The molecule has 2 heterocycles. The van der Waals surface area contributed by atoms with Crippen molar-refractivity contribution < 1.29 is 0 Å². The summed E-state index contributed by atoms with van der Waals surface area (Å²) < 4.78 is 2.07. The molecule has 2 rings (SSSR count). The van der Waals surface area contributed by atoms with E-state index in [2.05, 4.69) is 26.8 Å². The molecule has 1 aromatic rings. The standard InChI is InChI=1S/C13H25N5/c1-2-3-6-13-12(11-14)15-16-18(13)10-9-17-7-4-5-8-17/h2-11,14H2,1H3. The average Bonchev–Trinajstić information content (AvgIpc) is 3.03. The largest absolute Gasteiger partial charge is 0.325 e. The highest BCUT2D eigenvalue weighted by Crippen LogP contribution is 2.11. The van der Waals surface area contributed by atoms with Gasteiger partial charge in [-0.3, -0.25) is 0 Å². The van der Waals surface area contributed by atoms with Crippen molar-refractivity contribution in [1.82, 2.24) is 19.9 Å². The number of hydrogen-bond acceptors (Lipinski definition) is 4. The Morgan fingerprint density at radius 1 is 1.22 bits per heavy atom. The fourth-order valence-electron chi connectivity index (χ4n) is 2.57. The predicted octanol–water partition coefficient (Wildman–Crippen LogP) is 1.18. The van der Waals surface area contributed by atoms with E-state index in [1.165, 1.54) is 44.5 Å². The van der Waals surface area contributed by atoms with E-state index in [0.29, 0.717) is 6.54 Å². The molecule has 1 aliphatic heterocycles. The molecule has 0 aromatic carbocycles. The highest BCUT2D eigenvalue weighted by atomic mass is 15.4. The van der Waals surface area contributed by atoms with Crippen LogP contribution in [-0.2, 0) is 19.5 Å². The summed E-state index contributed by atoms with van der Waals surface area (Å²) in [6.07, 6.45) is 6.11. The Labute approximate surface area is 109 Å². The van der Waals surface area contributed by atoms with Crippen LogP contribution in [0, 0.1) is 0 Å². The zero-order valence-electron chi connectivity index (χ0n) is 11.4. The minimum Gasteiger partial charge on any atom is -0.325 e. The third-order valence-corrected chi connectivity index (χ3v) is 3.71. The fourth-order valence-corrected chi connectivity index (χ4v) is 2.57. The predicted molar refractivity (Wildman–Crippen MR) is 72.2 cm³/mol. The van der Waals surface area contributed by atoms with E-state index in [9.17, 15) is 0 Å². The van der Waals surface area contributed by atoms with E-state index < -0.39 is 0 Å². The number of likely N-dealkylation sites (tertiary alicyclic amines) is 1. The van der Waals surface area contributed by atoms with E-state index in [-0.39, 0.29) is 0 Å². The van der Waals surface area contributed by atoms with Crippen molar-refractivity contribution in [2.75, 3.05) is 19.6 Å². The zero-order chi connectivity index (χ0) is 12.8. The molecule has 1 aromatic heterocycles. The Morgan fingerprint density at radius 3 is 2.67 bits per heavy atom. The maximum absolute atomic E-state index is 5.73. The van der Waals surface area contributed by atoms with Crippen LogP contribution in [0.3, 0.4) is 0 Å². The maximum atomic E-state index is 5.73. The smallest absolute Gasteiger partial charge is 0.0994 e. The Kier molecular flexibility index (Phi) is 5.13. The van der Waals surface area contributed by atoms with Crippen molar-refractivity contribution in [2.24, 2.45) is 5.73 Å². The Balaban J connectivity index is 1.94. The van der Waals surface area contributed by atoms with Gasteiger partial charge in [-0.05, 0) is 38.8 Å². The molecule has 5 heteroatoms. The van der Waals surface area contributed by atoms with Crippen molar-refractivity contribution >= 4 is 0 Å². The lowest BCUT2D eigenvalue weighted by Crippen LogP contribution is -2.25. The van der Waals surface area contributed by atoms with Crippen LogP contribution in [0.2, 0.25) is 0 Å². The molecule has 0 unspecified atom stereocenters. The first-order valence-electron chi connectivity index (χ1n) is 7.18. The molecule has 1 fully saturated rings. The maximum Gasteiger partial charge on any atom is 0.0994 e. The number of nitrogens with two attached hydrogens (primary N) is 1. The highest BCUT2D eigenvalue weighted by molar-refractivity contribution is 5.10. The van der Waals surface area contributed by atoms with Gasteiger partial charge in [-0.15, -0.1) is 5.10 Å². The normalized spacial score (nSPS) is 16.6. The summed E-state index contributed by atoms with van der Waals surface area (Å²) in [7, 11) is 0. The molecule has 2 N–H and O–H groups in total. The molecule has 0 radical (unpaired) electrons. The van der Waals surface area contributed by atoms with Gasteiger partial charge >= 0.3 is 0 Å². The molecule has 102 valence electrons. The summed E-state index contributed by atoms with van der Waals surface area (Å²) in [4.78, 5) is 2.51. The molecule has 0 aliphatic carbocycles. The van der Waals surface area contributed by atoms with E-state index in [4.69, 9.17) is 5.73 Å². The Bertz CT molecular complexity index is 354. The summed E-state index contributed by atoms with van der Waals surface area (Å²) in [5.41, 5.74) is 7.95. The van der Waals surface area contributed by atoms with Gasteiger partial charge in [0, 0.05) is 13.1 Å². The minimum atomic E-state index is 0.503. The van der Waals surface area contributed by atoms with Crippen LogP contribution in [-0.4, -0.2) is 39.5 Å². The second-order valence-electron chi connectivity index (χ2n) is 5.06. The van der Waals surface area contributed by atoms with E-state index in [1.807, 2.05) is 0 Å². The molecule has 0 amide bonds.